The largest absolute Gasteiger partial charge is 0.405 e. The summed E-state index contributed by atoms with van der Waals surface area (Å²) in [6, 6.07) is 15.1. The first kappa shape index (κ1) is 12.3. The highest BCUT2D eigenvalue weighted by molar-refractivity contribution is 5.77. The van der Waals surface area contributed by atoms with Gasteiger partial charge in [-0.3, -0.25) is 0 Å². The SMILES string of the molecule is N/C=C/C(c1ccccc1)c1cccc2c1=NC(=O)N=2. The van der Waals surface area contributed by atoms with Crippen LogP contribution in [0.4, 0.5) is 4.79 Å². The van der Waals surface area contributed by atoms with Gasteiger partial charge in [-0.2, -0.15) is 9.98 Å². The van der Waals surface area contributed by atoms with Gasteiger partial charge in [-0.05, 0) is 23.4 Å². The molecule has 1 atom stereocenters. The molecule has 98 valence electrons. The fraction of sp³-hybridized carbons (Fsp3) is 0.0625. The van der Waals surface area contributed by atoms with Gasteiger partial charge in [0.25, 0.3) is 0 Å². The van der Waals surface area contributed by atoms with Crippen LogP contribution >= 0.6 is 0 Å². The second-order valence-electron chi connectivity index (χ2n) is 4.49. The fourth-order valence-electron chi connectivity index (χ4n) is 2.40. The molecule has 2 N–H and O–H groups in total. The molecule has 0 spiro atoms. The van der Waals surface area contributed by atoms with Crippen LogP contribution in [0.1, 0.15) is 17.0 Å². The third kappa shape index (κ3) is 2.12. The summed E-state index contributed by atoms with van der Waals surface area (Å²) in [5.74, 6) is -0.0407. The molecular weight excluding hydrogens is 250 g/mol. The molecule has 20 heavy (non-hydrogen) atoms. The zero-order valence-corrected chi connectivity index (χ0v) is 10.7. The van der Waals surface area contributed by atoms with Crippen molar-refractivity contribution >= 4 is 6.03 Å². The lowest BCUT2D eigenvalue weighted by atomic mass is 9.91. The van der Waals surface area contributed by atoms with Gasteiger partial charge in [0.15, 0.2) is 0 Å². The monoisotopic (exact) mass is 263 g/mol. The van der Waals surface area contributed by atoms with Crippen molar-refractivity contribution < 1.29 is 4.79 Å². The maximum atomic E-state index is 11.4. The van der Waals surface area contributed by atoms with Crippen LogP contribution in [0.5, 0.6) is 0 Å². The van der Waals surface area contributed by atoms with Crippen molar-refractivity contribution in [3.8, 4) is 0 Å². The molecule has 4 nitrogen and oxygen atoms in total. The van der Waals surface area contributed by atoms with Crippen LogP contribution in [0.25, 0.3) is 0 Å². The van der Waals surface area contributed by atoms with Gasteiger partial charge in [-0.15, -0.1) is 0 Å². The van der Waals surface area contributed by atoms with E-state index in [0.717, 1.165) is 11.1 Å². The summed E-state index contributed by atoms with van der Waals surface area (Å²) in [5.41, 5.74) is 7.60. The molecule has 0 bridgehead atoms. The molecule has 1 aliphatic heterocycles. The van der Waals surface area contributed by atoms with Crippen molar-refractivity contribution in [2.45, 2.75) is 5.92 Å². The van der Waals surface area contributed by atoms with Crippen LogP contribution in [0, 0.1) is 0 Å². The van der Waals surface area contributed by atoms with E-state index in [1.165, 1.54) is 6.20 Å². The van der Waals surface area contributed by atoms with Crippen molar-refractivity contribution in [3.05, 3.63) is 82.6 Å². The number of para-hydroxylation sites is 1. The standard InChI is InChI=1S/C16H13N3O/c17-10-9-12(11-5-2-1-3-6-11)13-7-4-8-14-15(13)19-16(20)18-14/h1-10,12H,17H2/b10-9+. The predicted molar refractivity (Wildman–Crippen MR) is 75.8 cm³/mol. The summed E-state index contributed by atoms with van der Waals surface area (Å²) >= 11 is 0. The minimum atomic E-state index is -0.448. The molecule has 4 heteroatoms. The van der Waals surface area contributed by atoms with Crippen molar-refractivity contribution in [1.29, 1.82) is 0 Å². The zero-order valence-electron chi connectivity index (χ0n) is 10.7. The number of fused-ring (bicyclic) bond motifs is 1. The summed E-state index contributed by atoms with van der Waals surface area (Å²) in [6.45, 7) is 0. The number of hydrogen-bond donors (Lipinski definition) is 1. The molecule has 3 rings (SSSR count). The number of rotatable bonds is 3. The lowest BCUT2D eigenvalue weighted by Crippen LogP contribution is -2.27. The number of carbonyl (C=O) groups is 1. The zero-order chi connectivity index (χ0) is 13.9. The van der Waals surface area contributed by atoms with Crippen LogP contribution in [0.3, 0.4) is 0 Å². The van der Waals surface area contributed by atoms with Gasteiger partial charge in [-0.25, -0.2) is 4.79 Å². The number of benzene rings is 2. The Bertz CT molecular complexity index is 794. The molecule has 0 aliphatic carbocycles. The van der Waals surface area contributed by atoms with Crippen molar-refractivity contribution in [2.75, 3.05) is 0 Å². The molecule has 0 saturated heterocycles. The van der Waals surface area contributed by atoms with Crippen LogP contribution in [-0.2, 0) is 0 Å². The summed E-state index contributed by atoms with van der Waals surface area (Å²) < 4.78 is 0. The van der Waals surface area contributed by atoms with Gasteiger partial charge in [0.2, 0.25) is 0 Å². The predicted octanol–water partition coefficient (Wildman–Crippen LogP) is 1.66. The first-order chi connectivity index (χ1) is 9.79. The lowest BCUT2D eigenvalue weighted by molar-refractivity contribution is 0.256. The van der Waals surface area contributed by atoms with Gasteiger partial charge in [0.1, 0.15) is 0 Å². The lowest BCUT2D eigenvalue weighted by Gasteiger charge is -2.13. The average Bonchev–Trinajstić information content (AvgIpc) is 2.86. The molecule has 2 aromatic rings. The number of allylic oxidation sites excluding steroid dienone is 1. The molecule has 0 saturated carbocycles. The first-order valence-corrected chi connectivity index (χ1v) is 6.33. The molecule has 1 heterocycles. The molecule has 0 fully saturated rings. The highest BCUT2D eigenvalue weighted by atomic mass is 16.2. The van der Waals surface area contributed by atoms with Gasteiger partial charge in [-0.1, -0.05) is 48.5 Å². The van der Waals surface area contributed by atoms with Crippen LogP contribution < -0.4 is 16.4 Å². The van der Waals surface area contributed by atoms with E-state index in [0.29, 0.717) is 10.7 Å². The van der Waals surface area contributed by atoms with Gasteiger partial charge in [0.05, 0.1) is 10.7 Å². The number of hydrogen-bond acceptors (Lipinski definition) is 2. The van der Waals surface area contributed by atoms with Gasteiger partial charge >= 0.3 is 6.03 Å². The van der Waals surface area contributed by atoms with Gasteiger partial charge < -0.3 is 5.73 Å². The Morgan fingerprint density at radius 2 is 1.80 bits per heavy atom. The third-order valence-corrected chi connectivity index (χ3v) is 3.27. The van der Waals surface area contributed by atoms with Crippen molar-refractivity contribution in [2.24, 2.45) is 15.7 Å². The highest BCUT2D eigenvalue weighted by Gasteiger charge is 2.16. The molecule has 1 aliphatic rings. The maximum Gasteiger partial charge on any atom is 0.368 e. The minimum absolute atomic E-state index is 0.0407. The van der Waals surface area contributed by atoms with E-state index < -0.39 is 6.03 Å². The Balaban J connectivity index is 2.22. The van der Waals surface area contributed by atoms with E-state index in [2.05, 4.69) is 9.98 Å². The average molecular weight is 263 g/mol. The second-order valence-corrected chi connectivity index (χ2v) is 4.49. The Morgan fingerprint density at radius 1 is 1.00 bits per heavy atom. The van der Waals surface area contributed by atoms with Crippen LogP contribution in [-0.4, -0.2) is 6.03 Å². The number of amides is 2. The second kappa shape index (κ2) is 5.09. The summed E-state index contributed by atoms with van der Waals surface area (Å²) in [7, 11) is 0. The normalized spacial score (nSPS) is 14.7. The molecule has 0 aromatic heterocycles. The molecule has 1 unspecified atom stereocenters. The first-order valence-electron chi connectivity index (χ1n) is 6.33. The highest BCUT2D eigenvalue weighted by Crippen LogP contribution is 2.23. The molecule has 2 aromatic carbocycles. The van der Waals surface area contributed by atoms with E-state index in [9.17, 15) is 4.79 Å². The Labute approximate surface area is 116 Å². The third-order valence-electron chi connectivity index (χ3n) is 3.27. The molecular formula is C16H13N3O. The van der Waals surface area contributed by atoms with E-state index in [1.807, 2.05) is 48.5 Å². The number of urea groups is 1. The Morgan fingerprint density at radius 3 is 2.55 bits per heavy atom. The van der Waals surface area contributed by atoms with Crippen LogP contribution in [0.2, 0.25) is 0 Å². The minimum Gasteiger partial charge on any atom is -0.405 e. The Kier molecular flexibility index (Phi) is 3.13. The van der Waals surface area contributed by atoms with E-state index in [1.54, 1.807) is 6.07 Å². The summed E-state index contributed by atoms with van der Waals surface area (Å²) in [4.78, 5) is 19.3. The Hall–Kier alpha value is -2.75. The quantitative estimate of drug-likeness (QED) is 0.915. The van der Waals surface area contributed by atoms with E-state index in [4.69, 9.17) is 5.73 Å². The molecule has 2 amide bonds. The number of nitrogens with two attached hydrogens (primary N) is 1. The van der Waals surface area contributed by atoms with Crippen molar-refractivity contribution in [3.63, 3.8) is 0 Å². The maximum absolute atomic E-state index is 11.4. The number of carbonyl (C=O) groups excluding carboxylic acids is 1. The topological polar surface area (TPSA) is 67.8 Å². The smallest absolute Gasteiger partial charge is 0.368 e. The summed E-state index contributed by atoms with van der Waals surface area (Å²) in [6.07, 6.45) is 3.41. The number of nitrogens with zero attached hydrogens (tertiary/aromatic N) is 2. The molecule has 0 radical (unpaired) electrons. The van der Waals surface area contributed by atoms with Gasteiger partial charge in [0, 0.05) is 5.92 Å². The van der Waals surface area contributed by atoms with Crippen molar-refractivity contribution in [1.82, 2.24) is 0 Å². The van der Waals surface area contributed by atoms with Crippen LogP contribution in [0.15, 0.2) is 70.8 Å². The van der Waals surface area contributed by atoms with E-state index in [-0.39, 0.29) is 5.92 Å². The fourth-order valence-corrected chi connectivity index (χ4v) is 2.40. The summed E-state index contributed by atoms with van der Waals surface area (Å²) in [5, 5.41) is 1.27. The van der Waals surface area contributed by atoms with E-state index >= 15 is 0 Å².